The van der Waals surface area contributed by atoms with Gasteiger partial charge in [-0.15, -0.1) is 0 Å². The first kappa shape index (κ1) is 17.6. The molecule has 2 atom stereocenters. The standard InChI is InChI=1S/C21H29NO/c1-5-21(18-12-9-13-20(15-18)23-4)19(16-22(2)3)14-17-10-7-6-8-11-17/h6-13,15,19,21H,5,14,16H2,1-4H3/t19-,21-/m1/s1. The average molecular weight is 311 g/mol. The second kappa shape index (κ2) is 8.73. The second-order valence-corrected chi connectivity index (χ2v) is 6.50. The normalized spacial score (nSPS) is 13.8. The summed E-state index contributed by atoms with van der Waals surface area (Å²) >= 11 is 0. The Morgan fingerprint density at radius 1 is 1.00 bits per heavy atom. The minimum atomic E-state index is 0.535. The van der Waals surface area contributed by atoms with Gasteiger partial charge in [0.15, 0.2) is 0 Å². The van der Waals surface area contributed by atoms with Crippen LogP contribution in [0.5, 0.6) is 5.75 Å². The van der Waals surface area contributed by atoms with Crippen LogP contribution < -0.4 is 4.74 Å². The second-order valence-electron chi connectivity index (χ2n) is 6.50. The van der Waals surface area contributed by atoms with Gasteiger partial charge in [0.1, 0.15) is 5.75 Å². The monoisotopic (exact) mass is 311 g/mol. The number of nitrogens with zero attached hydrogens (tertiary/aromatic N) is 1. The van der Waals surface area contributed by atoms with Gasteiger partial charge in [-0.2, -0.15) is 0 Å². The van der Waals surface area contributed by atoms with Gasteiger partial charge < -0.3 is 9.64 Å². The third-order valence-electron chi connectivity index (χ3n) is 4.47. The molecule has 2 heteroatoms. The predicted octanol–water partition coefficient (Wildman–Crippen LogP) is 4.61. The van der Waals surface area contributed by atoms with Gasteiger partial charge in [0.25, 0.3) is 0 Å². The summed E-state index contributed by atoms with van der Waals surface area (Å²) in [4.78, 5) is 2.30. The maximum absolute atomic E-state index is 5.42. The lowest BCUT2D eigenvalue weighted by Crippen LogP contribution is -2.28. The summed E-state index contributed by atoms with van der Waals surface area (Å²) in [7, 11) is 6.06. The molecule has 2 aromatic rings. The van der Waals surface area contributed by atoms with E-state index in [2.05, 4.69) is 74.4 Å². The molecule has 2 rings (SSSR count). The van der Waals surface area contributed by atoms with Crippen LogP contribution in [0.4, 0.5) is 0 Å². The largest absolute Gasteiger partial charge is 0.497 e. The number of hydrogen-bond acceptors (Lipinski definition) is 2. The van der Waals surface area contributed by atoms with E-state index in [0.717, 1.165) is 25.1 Å². The van der Waals surface area contributed by atoms with Crippen LogP contribution in [0, 0.1) is 5.92 Å². The Balaban J connectivity index is 2.26. The highest BCUT2D eigenvalue weighted by molar-refractivity contribution is 5.31. The molecule has 124 valence electrons. The molecule has 0 spiro atoms. The van der Waals surface area contributed by atoms with Crippen molar-refractivity contribution in [2.24, 2.45) is 5.92 Å². The van der Waals surface area contributed by atoms with E-state index >= 15 is 0 Å². The van der Waals surface area contributed by atoms with Crippen molar-refractivity contribution in [2.45, 2.75) is 25.7 Å². The lowest BCUT2D eigenvalue weighted by atomic mass is 9.80. The summed E-state index contributed by atoms with van der Waals surface area (Å²) < 4.78 is 5.42. The van der Waals surface area contributed by atoms with Crippen molar-refractivity contribution in [3.8, 4) is 5.75 Å². The molecule has 0 radical (unpaired) electrons. The van der Waals surface area contributed by atoms with E-state index < -0.39 is 0 Å². The molecule has 2 nitrogen and oxygen atoms in total. The molecule has 0 aliphatic heterocycles. The molecule has 23 heavy (non-hydrogen) atoms. The van der Waals surface area contributed by atoms with Crippen LogP contribution >= 0.6 is 0 Å². The number of benzene rings is 2. The van der Waals surface area contributed by atoms with Crippen molar-refractivity contribution >= 4 is 0 Å². The molecular weight excluding hydrogens is 282 g/mol. The van der Waals surface area contributed by atoms with Gasteiger partial charge in [-0.05, 0) is 62.0 Å². The Kier molecular flexibility index (Phi) is 6.66. The molecule has 0 amide bonds. The first-order chi connectivity index (χ1) is 11.1. The maximum atomic E-state index is 5.42. The number of hydrogen-bond donors (Lipinski definition) is 0. The quantitative estimate of drug-likeness (QED) is 0.706. The lowest BCUT2D eigenvalue weighted by Gasteiger charge is -2.29. The third-order valence-corrected chi connectivity index (χ3v) is 4.47. The van der Waals surface area contributed by atoms with Crippen molar-refractivity contribution in [3.63, 3.8) is 0 Å². The zero-order chi connectivity index (χ0) is 16.7. The van der Waals surface area contributed by atoms with E-state index in [-0.39, 0.29) is 0 Å². The molecule has 0 fully saturated rings. The maximum Gasteiger partial charge on any atom is 0.119 e. The van der Waals surface area contributed by atoms with Crippen molar-refractivity contribution in [2.75, 3.05) is 27.7 Å². The fourth-order valence-corrected chi connectivity index (χ4v) is 3.43. The molecule has 2 aromatic carbocycles. The molecular formula is C21H29NO. The van der Waals surface area contributed by atoms with Crippen LogP contribution in [0.3, 0.4) is 0 Å². The summed E-state index contributed by atoms with van der Waals surface area (Å²) in [5, 5.41) is 0. The molecule has 0 aliphatic rings. The van der Waals surface area contributed by atoms with Gasteiger partial charge in [0.2, 0.25) is 0 Å². The minimum Gasteiger partial charge on any atom is -0.497 e. The van der Waals surface area contributed by atoms with Crippen LogP contribution in [-0.2, 0) is 6.42 Å². The van der Waals surface area contributed by atoms with Crippen LogP contribution in [0.25, 0.3) is 0 Å². The molecule has 0 unspecified atom stereocenters. The molecule has 0 bridgehead atoms. The van der Waals surface area contributed by atoms with Gasteiger partial charge in [0, 0.05) is 6.54 Å². The van der Waals surface area contributed by atoms with Crippen molar-refractivity contribution in [1.82, 2.24) is 4.90 Å². The Hall–Kier alpha value is -1.80. The SMILES string of the molecule is CC[C@H](c1cccc(OC)c1)[C@H](Cc1ccccc1)CN(C)C. The van der Waals surface area contributed by atoms with Gasteiger partial charge >= 0.3 is 0 Å². The van der Waals surface area contributed by atoms with Gasteiger partial charge in [-0.1, -0.05) is 49.4 Å². The highest BCUT2D eigenvalue weighted by Gasteiger charge is 2.23. The highest BCUT2D eigenvalue weighted by Crippen LogP contribution is 2.33. The van der Waals surface area contributed by atoms with E-state index in [1.165, 1.54) is 11.1 Å². The smallest absolute Gasteiger partial charge is 0.119 e. The number of ether oxygens (including phenoxy) is 1. The molecule has 0 saturated carbocycles. The number of methoxy groups -OCH3 is 1. The summed E-state index contributed by atoms with van der Waals surface area (Å²) in [5.74, 6) is 2.07. The number of rotatable bonds is 8. The summed E-state index contributed by atoms with van der Waals surface area (Å²) in [6.07, 6.45) is 2.24. The predicted molar refractivity (Wildman–Crippen MR) is 98.2 cm³/mol. The third kappa shape index (κ3) is 5.11. The molecule has 0 saturated heterocycles. The minimum absolute atomic E-state index is 0.535. The highest BCUT2D eigenvalue weighted by atomic mass is 16.5. The van der Waals surface area contributed by atoms with Gasteiger partial charge in [0.05, 0.1) is 7.11 Å². The van der Waals surface area contributed by atoms with E-state index in [0.29, 0.717) is 11.8 Å². The van der Waals surface area contributed by atoms with Crippen LogP contribution in [0.2, 0.25) is 0 Å². The van der Waals surface area contributed by atoms with E-state index in [1.54, 1.807) is 7.11 Å². The van der Waals surface area contributed by atoms with E-state index in [4.69, 9.17) is 4.74 Å². The molecule has 0 aromatic heterocycles. The fraction of sp³-hybridized carbons (Fsp3) is 0.429. The summed E-state index contributed by atoms with van der Waals surface area (Å²) in [6, 6.07) is 19.4. The Morgan fingerprint density at radius 2 is 1.74 bits per heavy atom. The Labute approximate surface area is 141 Å². The van der Waals surface area contributed by atoms with Crippen molar-refractivity contribution < 1.29 is 4.74 Å². The van der Waals surface area contributed by atoms with Crippen LogP contribution in [0.1, 0.15) is 30.4 Å². The first-order valence-corrected chi connectivity index (χ1v) is 8.46. The van der Waals surface area contributed by atoms with E-state index in [9.17, 15) is 0 Å². The van der Waals surface area contributed by atoms with E-state index in [1.807, 2.05) is 6.07 Å². The Bertz CT molecular complexity index is 579. The first-order valence-electron chi connectivity index (χ1n) is 8.46. The van der Waals surface area contributed by atoms with Crippen molar-refractivity contribution in [3.05, 3.63) is 65.7 Å². The summed E-state index contributed by atoms with van der Waals surface area (Å²) in [6.45, 7) is 3.38. The molecule has 0 aliphatic carbocycles. The molecule has 0 heterocycles. The lowest BCUT2D eigenvalue weighted by molar-refractivity contribution is 0.282. The van der Waals surface area contributed by atoms with Crippen LogP contribution in [-0.4, -0.2) is 32.6 Å². The van der Waals surface area contributed by atoms with Crippen molar-refractivity contribution in [1.29, 1.82) is 0 Å². The zero-order valence-electron chi connectivity index (χ0n) is 14.8. The topological polar surface area (TPSA) is 12.5 Å². The average Bonchev–Trinajstić information content (AvgIpc) is 2.56. The van der Waals surface area contributed by atoms with Gasteiger partial charge in [-0.3, -0.25) is 0 Å². The summed E-state index contributed by atoms with van der Waals surface area (Å²) in [5.41, 5.74) is 2.80. The fourth-order valence-electron chi connectivity index (χ4n) is 3.43. The Morgan fingerprint density at radius 3 is 2.35 bits per heavy atom. The van der Waals surface area contributed by atoms with Crippen LogP contribution in [0.15, 0.2) is 54.6 Å². The van der Waals surface area contributed by atoms with Gasteiger partial charge in [-0.25, -0.2) is 0 Å². The molecule has 0 N–H and O–H groups in total. The zero-order valence-corrected chi connectivity index (χ0v) is 14.8.